The Labute approximate surface area is 98.9 Å². The Hall–Kier alpha value is -0.300. The zero-order valence-electron chi connectivity index (χ0n) is 10.7. The van der Waals surface area contributed by atoms with E-state index >= 15 is 0 Å². The van der Waals surface area contributed by atoms with Crippen LogP contribution in [0.3, 0.4) is 0 Å². The molecule has 0 radical (unpaired) electrons. The monoisotopic (exact) mass is 220 g/mol. The Balaban J connectivity index is 1.96. The van der Waals surface area contributed by atoms with Crippen molar-refractivity contribution < 1.29 is 5.11 Å². The molecule has 3 rings (SSSR count). The van der Waals surface area contributed by atoms with Crippen LogP contribution in [0.5, 0.6) is 0 Å². The van der Waals surface area contributed by atoms with Crippen molar-refractivity contribution in [3.8, 4) is 0 Å². The van der Waals surface area contributed by atoms with Crippen molar-refractivity contribution in [1.82, 2.24) is 0 Å². The van der Waals surface area contributed by atoms with Crippen LogP contribution in [0.15, 0.2) is 11.6 Å². The van der Waals surface area contributed by atoms with Crippen LogP contribution in [0.4, 0.5) is 0 Å². The minimum atomic E-state index is -0.181. The fourth-order valence-corrected chi connectivity index (χ4v) is 4.67. The Bertz CT molecular complexity index is 330. The van der Waals surface area contributed by atoms with Crippen molar-refractivity contribution in [1.29, 1.82) is 0 Å². The van der Waals surface area contributed by atoms with Gasteiger partial charge in [0.25, 0.3) is 0 Å². The summed E-state index contributed by atoms with van der Waals surface area (Å²) in [7, 11) is 0. The van der Waals surface area contributed by atoms with Crippen LogP contribution in [-0.4, -0.2) is 11.2 Å². The lowest BCUT2D eigenvalue weighted by atomic mass is 9.58. The van der Waals surface area contributed by atoms with Crippen LogP contribution in [0.1, 0.15) is 46.5 Å². The van der Waals surface area contributed by atoms with E-state index in [1.807, 2.05) is 6.92 Å². The van der Waals surface area contributed by atoms with E-state index in [1.165, 1.54) is 19.3 Å². The SMILES string of the molecule is CC(O)C1(C)CC=C2C3CCC(C3)C2C1C. The van der Waals surface area contributed by atoms with Crippen LogP contribution >= 0.6 is 0 Å². The number of rotatable bonds is 1. The molecule has 0 aromatic rings. The lowest BCUT2D eigenvalue weighted by Crippen LogP contribution is -2.44. The van der Waals surface area contributed by atoms with Gasteiger partial charge in [-0.05, 0) is 61.7 Å². The van der Waals surface area contributed by atoms with Crippen LogP contribution in [0.25, 0.3) is 0 Å². The zero-order valence-corrected chi connectivity index (χ0v) is 10.7. The smallest absolute Gasteiger partial charge is 0.0571 e. The van der Waals surface area contributed by atoms with Gasteiger partial charge in [-0.1, -0.05) is 25.5 Å². The molecule has 2 fully saturated rings. The summed E-state index contributed by atoms with van der Waals surface area (Å²) in [6.45, 7) is 6.63. The summed E-state index contributed by atoms with van der Waals surface area (Å²) in [5.41, 5.74) is 1.88. The maximum Gasteiger partial charge on any atom is 0.0571 e. The molecule has 16 heavy (non-hydrogen) atoms. The molecule has 1 heteroatoms. The predicted molar refractivity (Wildman–Crippen MR) is 66.0 cm³/mol. The summed E-state index contributed by atoms with van der Waals surface area (Å²) >= 11 is 0. The second-order valence-electron chi connectivity index (χ2n) is 6.67. The molecule has 0 amide bonds. The Morgan fingerprint density at radius 2 is 2.19 bits per heavy atom. The summed E-state index contributed by atoms with van der Waals surface area (Å²) < 4.78 is 0. The molecule has 0 aromatic carbocycles. The van der Waals surface area contributed by atoms with Crippen molar-refractivity contribution in [2.75, 3.05) is 0 Å². The van der Waals surface area contributed by atoms with Gasteiger partial charge in [0.1, 0.15) is 0 Å². The Kier molecular flexibility index (Phi) is 2.27. The summed E-state index contributed by atoms with van der Waals surface area (Å²) in [6.07, 6.45) is 7.70. The maximum atomic E-state index is 10.1. The fourth-order valence-electron chi connectivity index (χ4n) is 4.67. The molecule has 0 aliphatic heterocycles. The Morgan fingerprint density at radius 1 is 1.44 bits per heavy atom. The van der Waals surface area contributed by atoms with Crippen molar-refractivity contribution >= 4 is 0 Å². The average Bonchev–Trinajstić information content (AvgIpc) is 2.83. The molecule has 0 heterocycles. The third kappa shape index (κ3) is 1.21. The first kappa shape index (κ1) is 10.8. The molecular weight excluding hydrogens is 196 g/mol. The minimum absolute atomic E-state index is 0.110. The van der Waals surface area contributed by atoms with Crippen molar-refractivity contribution in [3.63, 3.8) is 0 Å². The third-order valence-corrected chi connectivity index (χ3v) is 6.15. The molecular formula is C15H24O. The van der Waals surface area contributed by atoms with Crippen LogP contribution < -0.4 is 0 Å². The van der Waals surface area contributed by atoms with Gasteiger partial charge in [-0.3, -0.25) is 0 Å². The number of aliphatic hydroxyl groups is 1. The average molecular weight is 220 g/mol. The van der Waals surface area contributed by atoms with Gasteiger partial charge in [0.15, 0.2) is 0 Å². The standard InChI is InChI=1S/C15H24O/c1-9-14-12-5-4-11(8-12)13(14)6-7-15(9,3)10(2)16/h6,9-12,14,16H,4-5,7-8H2,1-3H3. The molecule has 6 atom stereocenters. The van der Waals surface area contributed by atoms with Crippen molar-refractivity contribution in [3.05, 3.63) is 11.6 Å². The Morgan fingerprint density at radius 3 is 2.88 bits per heavy atom. The largest absolute Gasteiger partial charge is 0.393 e. The highest BCUT2D eigenvalue weighted by Crippen LogP contribution is 2.60. The van der Waals surface area contributed by atoms with E-state index in [2.05, 4.69) is 19.9 Å². The van der Waals surface area contributed by atoms with E-state index in [4.69, 9.17) is 0 Å². The first-order valence-corrected chi connectivity index (χ1v) is 6.92. The predicted octanol–water partition coefficient (Wildman–Crippen LogP) is 3.39. The summed E-state index contributed by atoms with van der Waals surface area (Å²) in [4.78, 5) is 0. The van der Waals surface area contributed by atoms with Gasteiger partial charge in [-0.15, -0.1) is 0 Å². The van der Waals surface area contributed by atoms with Crippen molar-refractivity contribution in [2.45, 2.75) is 52.6 Å². The van der Waals surface area contributed by atoms with Gasteiger partial charge in [0.2, 0.25) is 0 Å². The van der Waals surface area contributed by atoms with Crippen LogP contribution in [0.2, 0.25) is 0 Å². The topological polar surface area (TPSA) is 20.2 Å². The second-order valence-corrected chi connectivity index (χ2v) is 6.67. The van der Waals surface area contributed by atoms with Gasteiger partial charge in [0, 0.05) is 0 Å². The van der Waals surface area contributed by atoms with E-state index in [1.54, 1.807) is 5.57 Å². The number of aliphatic hydroxyl groups excluding tert-OH is 1. The van der Waals surface area contributed by atoms with E-state index in [0.717, 1.165) is 24.2 Å². The van der Waals surface area contributed by atoms with Crippen molar-refractivity contribution in [2.24, 2.45) is 29.1 Å². The third-order valence-electron chi connectivity index (χ3n) is 6.15. The van der Waals surface area contributed by atoms with Gasteiger partial charge in [0.05, 0.1) is 6.10 Å². The van der Waals surface area contributed by atoms with Gasteiger partial charge in [-0.25, -0.2) is 0 Å². The van der Waals surface area contributed by atoms with E-state index in [0.29, 0.717) is 5.92 Å². The quantitative estimate of drug-likeness (QED) is 0.672. The highest BCUT2D eigenvalue weighted by atomic mass is 16.3. The molecule has 0 aromatic heterocycles. The second kappa shape index (κ2) is 3.35. The summed E-state index contributed by atoms with van der Waals surface area (Å²) in [5.74, 6) is 3.30. The molecule has 0 spiro atoms. The molecule has 3 aliphatic rings. The zero-order chi connectivity index (χ0) is 11.5. The lowest BCUT2D eigenvalue weighted by Gasteiger charge is -2.47. The highest BCUT2D eigenvalue weighted by molar-refractivity contribution is 5.27. The molecule has 3 aliphatic carbocycles. The molecule has 2 bridgehead atoms. The number of hydrogen-bond acceptors (Lipinski definition) is 1. The van der Waals surface area contributed by atoms with Gasteiger partial charge >= 0.3 is 0 Å². The molecule has 6 unspecified atom stereocenters. The molecule has 90 valence electrons. The lowest BCUT2D eigenvalue weighted by molar-refractivity contribution is -0.0177. The number of hydrogen-bond donors (Lipinski definition) is 1. The number of fused-ring (bicyclic) bond motifs is 5. The number of allylic oxidation sites excluding steroid dienone is 2. The van der Waals surface area contributed by atoms with Crippen LogP contribution in [-0.2, 0) is 0 Å². The molecule has 0 saturated heterocycles. The van der Waals surface area contributed by atoms with Gasteiger partial charge < -0.3 is 5.11 Å². The fraction of sp³-hybridized carbons (Fsp3) is 0.867. The maximum absolute atomic E-state index is 10.1. The highest BCUT2D eigenvalue weighted by Gasteiger charge is 2.52. The normalized spacial score (nSPS) is 52.4. The molecule has 2 saturated carbocycles. The van der Waals surface area contributed by atoms with Gasteiger partial charge in [-0.2, -0.15) is 0 Å². The molecule has 1 nitrogen and oxygen atoms in total. The van der Waals surface area contributed by atoms with E-state index < -0.39 is 0 Å². The first-order chi connectivity index (χ1) is 7.54. The summed E-state index contributed by atoms with van der Waals surface area (Å²) in [5, 5.41) is 10.1. The minimum Gasteiger partial charge on any atom is -0.393 e. The van der Waals surface area contributed by atoms with E-state index in [-0.39, 0.29) is 11.5 Å². The summed E-state index contributed by atoms with van der Waals surface area (Å²) in [6, 6.07) is 0. The molecule has 1 N–H and O–H groups in total. The first-order valence-electron chi connectivity index (χ1n) is 6.92. The van der Waals surface area contributed by atoms with Crippen LogP contribution in [0, 0.1) is 29.1 Å². The van der Waals surface area contributed by atoms with E-state index in [9.17, 15) is 5.11 Å².